The standard InChI is InChI=1S/C11H17NO2S/c1-4-9(11(13)14-3)12-7-10-8(2)5-6-15-10/h5-6,9,12H,4,7H2,1-3H3/t9-/m1/s1. The van der Waals surface area contributed by atoms with Crippen molar-refractivity contribution in [2.45, 2.75) is 32.9 Å². The number of ether oxygens (including phenoxy) is 1. The number of rotatable bonds is 5. The van der Waals surface area contributed by atoms with Crippen LogP contribution in [0.4, 0.5) is 0 Å². The Morgan fingerprint density at radius 2 is 2.40 bits per heavy atom. The van der Waals surface area contributed by atoms with Crippen LogP contribution in [0.15, 0.2) is 11.4 Å². The molecule has 15 heavy (non-hydrogen) atoms. The van der Waals surface area contributed by atoms with Crippen molar-refractivity contribution < 1.29 is 9.53 Å². The fourth-order valence-corrected chi connectivity index (χ4v) is 2.19. The summed E-state index contributed by atoms with van der Waals surface area (Å²) >= 11 is 1.71. The van der Waals surface area contributed by atoms with Gasteiger partial charge in [-0.15, -0.1) is 11.3 Å². The van der Waals surface area contributed by atoms with Crippen LogP contribution in [0, 0.1) is 6.92 Å². The van der Waals surface area contributed by atoms with Gasteiger partial charge in [-0.1, -0.05) is 6.92 Å². The van der Waals surface area contributed by atoms with Gasteiger partial charge in [0.1, 0.15) is 6.04 Å². The van der Waals surface area contributed by atoms with E-state index in [0.717, 1.165) is 13.0 Å². The van der Waals surface area contributed by atoms with Gasteiger partial charge < -0.3 is 4.74 Å². The molecule has 0 saturated heterocycles. The lowest BCUT2D eigenvalue weighted by molar-refractivity contribution is -0.143. The molecule has 0 unspecified atom stereocenters. The molecule has 1 aromatic heterocycles. The minimum Gasteiger partial charge on any atom is -0.468 e. The molecule has 4 heteroatoms. The van der Waals surface area contributed by atoms with E-state index in [1.807, 2.05) is 6.92 Å². The maximum atomic E-state index is 11.3. The second kappa shape index (κ2) is 5.88. The summed E-state index contributed by atoms with van der Waals surface area (Å²) in [7, 11) is 1.42. The molecule has 84 valence electrons. The zero-order valence-electron chi connectivity index (χ0n) is 9.37. The summed E-state index contributed by atoms with van der Waals surface area (Å²) in [6, 6.07) is 1.89. The first-order valence-corrected chi connectivity index (χ1v) is 5.91. The summed E-state index contributed by atoms with van der Waals surface area (Å²) < 4.78 is 4.71. The van der Waals surface area contributed by atoms with Crippen molar-refractivity contribution >= 4 is 17.3 Å². The van der Waals surface area contributed by atoms with Crippen molar-refractivity contribution in [1.82, 2.24) is 5.32 Å². The Kier molecular flexibility index (Phi) is 4.78. The Labute approximate surface area is 94.5 Å². The van der Waals surface area contributed by atoms with Gasteiger partial charge in [-0.3, -0.25) is 10.1 Å². The largest absolute Gasteiger partial charge is 0.468 e. The lowest BCUT2D eigenvalue weighted by Gasteiger charge is -2.13. The van der Waals surface area contributed by atoms with Crippen molar-refractivity contribution in [3.8, 4) is 0 Å². The van der Waals surface area contributed by atoms with Crippen molar-refractivity contribution in [2.24, 2.45) is 0 Å². The van der Waals surface area contributed by atoms with Crippen LogP contribution >= 0.6 is 11.3 Å². The average molecular weight is 227 g/mol. The number of aryl methyl sites for hydroxylation is 1. The van der Waals surface area contributed by atoms with E-state index >= 15 is 0 Å². The van der Waals surface area contributed by atoms with E-state index in [9.17, 15) is 4.79 Å². The van der Waals surface area contributed by atoms with Crippen molar-refractivity contribution in [1.29, 1.82) is 0 Å². The number of nitrogens with one attached hydrogen (secondary N) is 1. The van der Waals surface area contributed by atoms with Crippen LogP contribution in [0.25, 0.3) is 0 Å². The van der Waals surface area contributed by atoms with E-state index in [4.69, 9.17) is 4.74 Å². The molecule has 0 fully saturated rings. The van der Waals surface area contributed by atoms with Gasteiger partial charge in [0.2, 0.25) is 0 Å². The van der Waals surface area contributed by atoms with Crippen LogP contribution in [-0.2, 0) is 16.1 Å². The fourth-order valence-electron chi connectivity index (χ4n) is 1.34. The monoisotopic (exact) mass is 227 g/mol. The Morgan fingerprint density at radius 1 is 1.67 bits per heavy atom. The van der Waals surface area contributed by atoms with Crippen LogP contribution in [-0.4, -0.2) is 19.1 Å². The topological polar surface area (TPSA) is 38.3 Å². The zero-order valence-corrected chi connectivity index (χ0v) is 10.2. The molecule has 0 spiro atoms. The lowest BCUT2D eigenvalue weighted by atomic mass is 10.2. The third kappa shape index (κ3) is 3.32. The molecular weight excluding hydrogens is 210 g/mol. The predicted octanol–water partition coefficient (Wildman–Crippen LogP) is 2.10. The second-order valence-corrected chi connectivity index (χ2v) is 4.39. The van der Waals surface area contributed by atoms with E-state index in [-0.39, 0.29) is 12.0 Å². The van der Waals surface area contributed by atoms with E-state index in [1.54, 1.807) is 11.3 Å². The molecule has 1 heterocycles. The zero-order chi connectivity index (χ0) is 11.3. The molecular formula is C11H17NO2S. The highest BCUT2D eigenvalue weighted by molar-refractivity contribution is 7.10. The van der Waals surface area contributed by atoms with Gasteiger partial charge in [-0.25, -0.2) is 0 Å². The van der Waals surface area contributed by atoms with Crippen LogP contribution in [0.3, 0.4) is 0 Å². The predicted molar refractivity (Wildman–Crippen MR) is 62.0 cm³/mol. The molecule has 0 aliphatic carbocycles. The molecule has 0 aliphatic heterocycles. The Morgan fingerprint density at radius 3 is 2.87 bits per heavy atom. The smallest absolute Gasteiger partial charge is 0.322 e. The van der Waals surface area contributed by atoms with E-state index in [1.165, 1.54) is 17.6 Å². The summed E-state index contributed by atoms with van der Waals surface area (Å²) in [6.45, 7) is 4.78. The molecule has 1 rings (SSSR count). The van der Waals surface area contributed by atoms with E-state index < -0.39 is 0 Å². The molecule has 1 atom stereocenters. The molecule has 0 aliphatic rings. The Bertz CT molecular complexity index is 322. The first-order chi connectivity index (χ1) is 7.19. The average Bonchev–Trinajstić information content (AvgIpc) is 2.65. The SMILES string of the molecule is CC[C@@H](NCc1sccc1C)C(=O)OC. The van der Waals surface area contributed by atoms with E-state index in [2.05, 4.69) is 23.7 Å². The molecule has 0 amide bonds. The summed E-state index contributed by atoms with van der Waals surface area (Å²) in [5.41, 5.74) is 1.27. The highest BCUT2D eigenvalue weighted by atomic mass is 32.1. The summed E-state index contributed by atoms with van der Waals surface area (Å²) in [5.74, 6) is -0.188. The summed E-state index contributed by atoms with van der Waals surface area (Å²) in [5, 5.41) is 5.26. The molecule has 1 aromatic rings. The highest BCUT2D eigenvalue weighted by Crippen LogP contribution is 2.15. The Hall–Kier alpha value is -0.870. The Balaban J connectivity index is 2.48. The maximum Gasteiger partial charge on any atom is 0.322 e. The van der Waals surface area contributed by atoms with Gasteiger partial charge in [0.15, 0.2) is 0 Å². The second-order valence-electron chi connectivity index (χ2n) is 3.39. The van der Waals surface area contributed by atoms with Gasteiger partial charge >= 0.3 is 5.97 Å². The molecule has 0 aromatic carbocycles. The third-order valence-electron chi connectivity index (χ3n) is 2.37. The summed E-state index contributed by atoms with van der Waals surface area (Å²) in [6.07, 6.45) is 0.747. The fraction of sp³-hybridized carbons (Fsp3) is 0.545. The maximum absolute atomic E-state index is 11.3. The van der Waals surface area contributed by atoms with Gasteiger partial charge in [-0.05, 0) is 30.4 Å². The molecule has 0 saturated carbocycles. The van der Waals surface area contributed by atoms with Crippen LogP contribution in [0.1, 0.15) is 23.8 Å². The lowest BCUT2D eigenvalue weighted by Crippen LogP contribution is -2.36. The molecule has 0 radical (unpaired) electrons. The number of carbonyl (C=O) groups excluding carboxylic acids is 1. The molecule has 0 bridgehead atoms. The van der Waals surface area contributed by atoms with Crippen LogP contribution in [0.2, 0.25) is 0 Å². The van der Waals surface area contributed by atoms with Crippen molar-refractivity contribution in [3.63, 3.8) is 0 Å². The first kappa shape index (κ1) is 12.2. The number of methoxy groups -OCH3 is 1. The molecule has 1 N–H and O–H groups in total. The number of hydrogen-bond acceptors (Lipinski definition) is 4. The van der Waals surface area contributed by atoms with Gasteiger partial charge in [0, 0.05) is 11.4 Å². The van der Waals surface area contributed by atoms with Gasteiger partial charge in [0.25, 0.3) is 0 Å². The number of esters is 1. The van der Waals surface area contributed by atoms with Gasteiger partial charge in [0.05, 0.1) is 7.11 Å². The van der Waals surface area contributed by atoms with Crippen LogP contribution in [0.5, 0.6) is 0 Å². The first-order valence-electron chi connectivity index (χ1n) is 5.03. The normalized spacial score (nSPS) is 12.5. The number of hydrogen-bond donors (Lipinski definition) is 1. The van der Waals surface area contributed by atoms with Gasteiger partial charge in [-0.2, -0.15) is 0 Å². The minimum absolute atomic E-state index is 0.188. The minimum atomic E-state index is -0.198. The third-order valence-corrected chi connectivity index (χ3v) is 3.39. The number of carbonyl (C=O) groups is 1. The van der Waals surface area contributed by atoms with Crippen molar-refractivity contribution in [3.05, 3.63) is 21.9 Å². The van der Waals surface area contributed by atoms with Crippen LogP contribution < -0.4 is 5.32 Å². The number of thiophene rings is 1. The highest BCUT2D eigenvalue weighted by Gasteiger charge is 2.16. The molecule has 3 nitrogen and oxygen atoms in total. The van der Waals surface area contributed by atoms with Crippen molar-refractivity contribution in [2.75, 3.05) is 7.11 Å². The quantitative estimate of drug-likeness (QED) is 0.783. The summed E-state index contributed by atoms with van der Waals surface area (Å²) in [4.78, 5) is 12.6. The van der Waals surface area contributed by atoms with E-state index in [0.29, 0.717) is 0 Å².